The molecular weight excluding hydrogens is 362 g/mol. The molecule has 1 saturated heterocycles. The number of hydrogen-bond acceptors (Lipinski definition) is 6. The van der Waals surface area contributed by atoms with Gasteiger partial charge in [0.05, 0.1) is 5.92 Å². The van der Waals surface area contributed by atoms with Crippen LogP contribution in [0.25, 0.3) is 0 Å². The van der Waals surface area contributed by atoms with Gasteiger partial charge in [-0.05, 0) is 51.0 Å². The number of urea groups is 1. The quantitative estimate of drug-likeness (QED) is 0.787. The molecule has 9 nitrogen and oxygen atoms in total. The van der Waals surface area contributed by atoms with Crippen LogP contribution in [0.15, 0.2) is 28.8 Å². The summed E-state index contributed by atoms with van der Waals surface area (Å²) in [6.07, 6.45) is 1.80. The first kappa shape index (κ1) is 19.7. The van der Waals surface area contributed by atoms with Crippen molar-refractivity contribution in [3.05, 3.63) is 36.0 Å². The fourth-order valence-corrected chi connectivity index (χ4v) is 3.08. The van der Waals surface area contributed by atoms with Gasteiger partial charge < -0.3 is 24.8 Å². The van der Waals surface area contributed by atoms with E-state index in [4.69, 9.17) is 9.26 Å². The third-order valence-electron chi connectivity index (χ3n) is 4.45. The van der Waals surface area contributed by atoms with Crippen molar-refractivity contribution < 1.29 is 18.8 Å². The number of hydrogen-bond donors (Lipinski definition) is 2. The number of carbonyl (C=O) groups excluding carboxylic acids is 2. The van der Waals surface area contributed by atoms with Crippen LogP contribution in [0.4, 0.5) is 10.5 Å². The van der Waals surface area contributed by atoms with Crippen LogP contribution < -0.4 is 15.4 Å². The number of carbonyl (C=O) groups is 2. The van der Waals surface area contributed by atoms with Crippen molar-refractivity contribution in [2.45, 2.75) is 32.6 Å². The van der Waals surface area contributed by atoms with E-state index in [0.717, 1.165) is 12.8 Å². The van der Waals surface area contributed by atoms with E-state index in [9.17, 15) is 9.59 Å². The lowest BCUT2D eigenvalue weighted by Gasteiger charge is -2.31. The summed E-state index contributed by atoms with van der Waals surface area (Å²) in [6.45, 7) is 5.39. The minimum absolute atomic E-state index is 0.0378. The number of anilines is 1. The Hall–Kier alpha value is -3.10. The SMILES string of the molecule is CCNC(=O)COc1ccc(NC(=O)N2CCCC(c3nc(C)no3)C2)cc1. The highest BCUT2D eigenvalue weighted by Gasteiger charge is 2.28. The second kappa shape index (κ2) is 9.20. The topological polar surface area (TPSA) is 110 Å². The molecule has 9 heteroatoms. The van der Waals surface area contributed by atoms with Gasteiger partial charge in [-0.1, -0.05) is 5.16 Å². The first-order chi connectivity index (χ1) is 13.5. The molecule has 1 aliphatic rings. The Bertz CT molecular complexity index is 805. The summed E-state index contributed by atoms with van der Waals surface area (Å²) in [5, 5.41) is 9.38. The molecule has 2 heterocycles. The maximum absolute atomic E-state index is 12.6. The van der Waals surface area contributed by atoms with Crippen LogP contribution in [0.5, 0.6) is 5.75 Å². The van der Waals surface area contributed by atoms with Crippen molar-refractivity contribution in [3.63, 3.8) is 0 Å². The Morgan fingerprint density at radius 3 is 2.79 bits per heavy atom. The standard InChI is InChI=1S/C19H25N5O4/c1-3-20-17(25)12-27-16-8-6-15(7-9-16)22-19(26)24-10-4-5-14(11-24)18-21-13(2)23-28-18/h6-9,14H,3-5,10-12H2,1-2H3,(H,20,25)(H,22,26). The van der Waals surface area contributed by atoms with Gasteiger partial charge in [-0.25, -0.2) is 4.79 Å². The maximum atomic E-state index is 12.6. The molecule has 2 N–H and O–H groups in total. The lowest BCUT2D eigenvalue weighted by atomic mass is 9.98. The zero-order chi connectivity index (χ0) is 19.9. The number of piperidine rings is 1. The van der Waals surface area contributed by atoms with Gasteiger partial charge in [0.1, 0.15) is 5.75 Å². The molecule has 0 bridgehead atoms. The highest BCUT2D eigenvalue weighted by Crippen LogP contribution is 2.26. The fourth-order valence-electron chi connectivity index (χ4n) is 3.08. The Morgan fingerprint density at radius 1 is 1.32 bits per heavy atom. The van der Waals surface area contributed by atoms with Crippen LogP contribution in [-0.2, 0) is 4.79 Å². The number of likely N-dealkylation sites (N-methyl/N-ethyl adjacent to an activating group) is 1. The predicted molar refractivity (Wildman–Crippen MR) is 102 cm³/mol. The molecule has 3 amide bonds. The highest BCUT2D eigenvalue weighted by atomic mass is 16.5. The Balaban J connectivity index is 1.51. The van der Waals surface area contributed by atoms with E-state index >= 15 is 0 Å². The molecule has 1 unspecified atom stereocenters. The molecule has 0 spiro atoms. The molecule has 150 valence electrons. The van der Waals surface area contributed by atoms with Gasteiger partial charge in [0.25, 0.3) is 5.91 Å². The largest absolute Gasteiger partial charge is 0.484 e. The molecule has 3 rings (SSSR count). The Labute approximate surface area is 163 Å². The summed E-state index contributed by atoms with van der Waals surface area (Å²) < 4.78 is 10.7. The number of nitrogens with one attached hydrogen (secondary N) is 2. The van der Waals surface area contributed by atoms with Crippen molar-refractivity contribution in [3.8, 4) is 5.75 Å². The van der Waals surface area contributed by atoms with Gasteiger partial charge in [-0.15, -0.1) is 0 Å². The van der Waals surface area contributed by atoms with E-state index in [-0.39, 0.29) is 24.5 Å². The summed E-state index contributed by atoms with van der Waals surface area (Å²) in [7, 11) is 0. The molecular formula is C19H25N5O4. The molecule has 1 aliphatic heterocycles. The average Bonchev–Trinajstić information content (AvgIpc) is 3.14. The number of rotatable bonds is 6. The second-order valence-corrected chi connectivity index (χ2v) is 6.66. The third kappa shape index (κ3) is 5.21. The van der Waals surface area contributed by atoms with E-state index in [1.165, 1.54) is 0 Å². The molecule has 0 aliphatic carbocycles. The molecule has 1 aromatic carbocycles. The highest BCUT2D eigenvalue weighted by molar-refractivity contribution is 5.89. The van der Waals surface area contributed by atoms with Gasteiger partial charge in [-0.3, -0.25) is 4.79 Å². The Kier molecular flexibility index (Phi) is 6.46. The number of aromatic nitrogens is 2. The van der Waals surface area contributed by atoms with Crippen molar-refractivity contribution in [2.24, 2.45) is 0 Å². The number of amides is 3. The van der Waals surface area contributed by atoms with Crippen molar-refractivity contribution in [1.82, 2.24) is 20.4 Å². The maximum Gasteiger partial charge on any atom is 0.321 e. The lowest BCUT2D eigenvalue weighted by Crippen LogP contribution is -2.41. The number of benzene rings is 1. The monoisotopic (exact) mass is 387 g/mol. The summed E-state index contributed by atoms with van der Waals surface area (Å²) >= 11 is 0. The van der Waals surface area contributed by atoms with E-state index in [1.54, 1.807) is 36.1 Å². The van der Waals surface area contributed by atoms with Crippen LogP contribution in [0.2, 0.25) is 0 Å². The minimum atomic E-state index is -0.170. The molecule has 1 fully saturated rings. The van der Waals surface area contributed by atoms with Gasteiger partial charge in [0, 0.05) is 25.3 Å². The molecule has 28 heavy (non-hydrogen) atoms. The molecule has 1 aromatic heterocycles. The van der Waals surface area contributed by atoms with Crippen LogP contribution >= 0.6 is 0 Å². The number of likely N-dealkylation sites (tertiary alicyclic amines) is 1. The fraction of sp³-hybridized carbons (Fsp3) is 0.474. The normalized spacial score (nSPS) is 16.5. The smallest absolute Gasteiger partial charge is 0.321 e. The first-order valence-corrected chi connectivity index (χ1v) is 9.41. The summed E-state index contributed by atoms with van der Waals surface area (Å²) in [5.74, 6) is 1.64. The van der Waals surface area contributed by atoms with Crippen LogP contribution in [-0.4, -0.2) is 53.2 Å². The van der Waals surface area contributed by atoms with Crippen molar-refractivity contribution in [2.75, 3.05) is 31.6 Å². The first-order valence-electron chi connectivity index (χ1n) is 9.41. The van der Waals surface area contributed by atoms with E-state index in [2.05, 4.69) is 20.8 Å². The predicted octanol–water partition coefficient (Wildman–Crippen LogP) is 2.30. The number of nitrogens with zero attached hydrogens (tertiary/aromatic N) is 3. The van der Waals surface area contributed by atoms with Gasteiger partial charge in [-0.2, -0.15) is 4.98 Å². The van der Waals surface area contributed by atoms with Gasteiger partial charge in [0.2, 0.25) is 5.89 Å². The van der Waals surface area contributed by atoms with Crippen LogP contribution in [0.3, 0.4) is 0 Å². The van der Waals surface area contributed by atoms with E-state index < -0.39 is 0 Å². The van der Waals surface area contributed by atoms with Crippen LogP contribution in [0, 0.1) is 6.92 Å². The van der Waals surface area contributed by atoms with E-state index in [0.29, 0.717) is 42.8 Å². The second-order valence-electron chi connectivity index (χ2n) is 6.66. The van der Waals surface area contributed by atoms with Crippen LogP contribution in [0.1, 0.15) is 37.4 Å². The molecule has 0 radical (unpaired) electrons. The summed E-state index contributed by atoms with van der Waals surface area (Å²) in [4.78, 5) is 30.0. The third-order valence-corrected chi connectivity index (χ3v) is 4.45. The van der Waals surface area contributed by atoms with E-state index in [1.807, 2.05) is 6.92 Å². The number of aryl methyl sites for hydroxylation is 1. The summed E-state index contributed by atoms with van der Waals surface area (Å²) in [5.41, 5.74) is 0.658. The zero-order valence-corrected chi connectivity index (χ0v) is 16.1. The molecule has 0 saturated carbocycles. The van der Waals surface area contributed by atoms with Crippen molar-refractivity contribution in [1.29, 1.82) is 0 Å². The van der Waals surface area contributed by atoms with Gasteiger partial charge >= 0.3 is 6.03 Å². The lowest BCUT2D eigenvalue weighted by molar-refractivity contribution is -0.122. The Morgan fingerprint density at radius 2 is 2.11 bits per heavy atom. The van der Waals surface area contributed by atoms with Gasteiger partial charge in [0.15, 0.2) is 12.4 Å². The molecule has 1 atom stereocenters. The summed E-state index contributed by atoms with van der Waals surface area (Å²) in [6, 6.07) is 6.75. The number of ether oxygens (including phenoxy) is 1. The molecule has 2 aromatic rings. The van der Waals surface area contributed by atoms with Crippen molar-refractivity contribution >= 4 is 17.6 Å². The minimum Gasteiger partial charge on any atom is -0.484 e. The average molecular weight is 387 g/mol. The zero-order valence-electron chi connectivity index (χ0n) is 16.1.